The molecule has 1 aromatic rings. The van der Waals surface area contributed by atoms with E-state index in [0.717, 1.165) is 0 Å². The van der Waals surface area contributed by atoms with Gasteiger partial charge in [0, 0.05) is 11.6 Å². The zero-order valence-electron chi connectivity index (χ0n) is 10.0. The second kappa shape index (κ2) is 5.97. The summed E-state index contributed by atoms with van der Waals surface area (Å²) < 4.78 is 5.27. The maximum Gasteiger partial charge on any atom is 0.324 e. The van der Waals surface area contributed by atoms with Gasteiger partial charge in [0.1, 0.15) is 18.4 Å². The number of nitrogens with zero attached hydrogens (tertiary/aromatic N) is 1. The number of aryl methyl sites for hydroxylation is 1. The van der Waals surface area contributed by atoms with Crippen molar-refractivity contribution in [3.05, 3.63) is 33.9 Å². The van der Waals surface area contributed by atoms with Crippen molar-refractivity contribution in [2.75, 3.05) is 13.7 Å². The van der Waals surface area contributed by atoms with Crippen LogP contribution in [0.25, 0.3) is 0 Å². The van der Waals surface area contributed by atoms with Gasteiger partial charge in [-0.2, -0.15) is 0 Å². The van der Waals surface area contributed by atoms with Crippen LogP contribution < -0.4 is 10.1 Å². The number of aliphatic carboxylic acids is 1. The fourth-order valence-corrected chi connectivity index (χ4v) is 1.38. The lowest BCUT2D eigenvalue weighted by molar-refractivity contribution is -0.385. The molecule has 18 heavy (non-hydrogen) atoms. The van der Waals surface area contributed by atoms with Crippen molar-refractivity contribution in [3.8, 4) is 5.75 Å². The molecule has 0 bridgehead atoms. The average molecular weight is 254 g/mol. The number of rotatable bonds is 6. The van der Waals surface area contributed by atoms with E-state index in [2.05, 4.69) is 5.32 Å². The molecule has 0 fully saturated rings. The van der Waals surface area contributed by atoms with Crippen molar-refractivity contribution in [1.29, 1.82) is 0 Å². The van der Waals surface area contributed by atoms with E-state index >= 15 is 0 Å². The van der Waals surface area contributed by atoms with E-state index in [-0.39, 0.29) is 12.3 Å². The highest BCUT2D eigenvalue weighted by Gasteiger charge is 2.16. The molecular weight excluding hydrogens is 240 g/mol. The summed E-state index contributed by atoms with van der Waals surface area (Å²) in [6, 6.07) is 3.46. The van der Waals surface area contributed by atoms with E-state index in [4.69, 9.17) is 9.84 Å². The third kappa shape index (κ3) is 3.42. The Labute approximate surface area is 104 Å². The Morgan fingerprint density at radius 2 is 2.28 bits per heavy atom. The van der Waals surface area contributed by atoms with E-state index in [1.54, 1.807) is 6.92 Å². The molecule has 0 amide bonds. The summed E-state index contributed by atoms with van der Waals surface area (Å²) in [6.07, 6.45) is 0. The van der Waals surface area contributed by atoms with Crippen molar-refractivity contribution < 1.29 is 19.6 Å². The quantitative estimate of drug-likeness (QED) is 0.579. The fourth-order valence-electron chi connectivity index (χ4n) is 1.38. The van der Waals surface area contributed by atoms with Gasteiger partial charge >= 0.3 is 5.97 Å². The third-order valence-electron chi connectivity index (χ3n) is 2.43. The van der Waals surface area contributed by atoms with Gasteiger partial charge < -0.3 is 15.2 Å². The molecule has 0 aliphatic carbocycles. The zero-order chi connectivity index (χ0) is 13.7. The number of carbonyl (C=O) groups is 1. The minimum atomic E-state index is -1.02. The summed E-state index contributed by atoms with van der Waals surface area (Å²) in [7, 11) is 1.52. The number of nitrogens with one attached hydrogen (secondary N) is 1. The number of nitro benzene ring substituents is 1. The van der Waals surface area contributed by atoms with Gasteiger partial charge in [-0.05, 0) is 26.1 Å². The molecule has 0 radical (unpaired) electrons. The molecule has 2 N–H and O–H groups in total. The molecule has 0 spiro atoms. The van der Waals surface area contributed by atoms with Crippen LogP contribution in [-0.4, -0.2) is 35.7 Å². The van der Waals surface area contributed by atoms with Gasteiger partial charge in [0.15, 0.2) is 0 Å². The molecule has 7 heteroatoms. The van der Waals surface area contributed by atoms with E-state index in [1.807, 2.05) is 0 Å². The number of carboxylic acids is 1. The van der Waals surface area contributed by atoms with Crippen LogP contribution in [-0.2, 0) is 4.79 Å². The molecule has 1 unspecified atom stereocenters. The standard InChI is InChI=1S/C11H14N2O5/c1-7-5-8(3-4-10(7)13(16)17)18-6-9(12-2)11(14)15/h3-5,9,12H,6H2,1-2H3,(H,14,15). The number of benzene rings is 1. The van der Waals surface area contributed by atoms with Gasteiger partial charge in [-0.1, -0.05) is 0 Å². The molecule has 0 aliphatic rings. The van der Waals surface area contributed by atoms with Gasteiger partial charge in [0.2, 0.25) is 0 Å². The van der Waals surface area contributed by atoms with Crippen LogP contribution in [0.1, 0.15) is 5.56 Å². The first-order chi connectivity index (χ1) is 8.45. The second-order valence-electron chi connectivity index (χ2n) is 3.70. The maximum atomic E-state index is 10.7. The lowest BCUT2D eigenvalue weighted by Gasteiger charge is -2.12. The van der Waals surface area contributed by atoms with Crippen molar-refractivity contribution in [2.45, 2.75) is 13.0 Å². The molecule has 0 saturated carbocycles. The number of hydrogen-bond acceptors (Lipinski definition) is 5. The number of nitro groups is 1. The van der Waals surface area contributed by atoms with Gasteiger partial charge in [-0.15, -0.1) is 0 Å². The topological polar surface area (TPSA) is 102 Å². The Bertz CT molecular complexity index is 461. The van der Waals surface area contributed by atoms with E-state index in [9.17, 15) is 14.9 Å². The summed E-state index contributed by atoms with van der Waals surface area (Å²) in [4.78, 5) is 20.9. The van der Waals surface area contributed by atoms with Crippen LogP contribution in [0.15, 0.2) is 18.2 Å². The van der Waals surface area contributed by atoms with Crippen LogP contribution in [0, 0.1) is 17.0 Å². The fraction of sp³-hybridized carbons (Fsp3) is 0.364. The minimum Gasteiger partial charge on any atom is -0.491 e. The SMILES string of the molecule is CNC(COc1ccc([N+](=O)[O-])c(C)c1)C(=O)O. The summed E-state index contributed by atoms with van der Waals surface area (Å²) >= 11 is 0. The summed E-state index contributed by atoms with van der Waals surface area (Å²) in [5.74, 6) is -0.615. The molecule has 0 heterocycles. The minimum absolute atomic E-state index is 0.00533. The van der Waals surface area contributed by atoms with Crippen LogP contribution >= 0.6 is 0 Å². The van der Waals surface area contributed by atoms with Crippen molar-refractivity contribution in [1.82, 2.24) is 5.32 Å². The monoisotopic (exact) mass is 254 g/mol. The molecule has 0 aromatic heterocycles. The van der Waals surface area contributed by atoms with Crippen LogP contribution in [0.2, 0.25) is 0 Å². The molecule has 0 saturated heterocycles. The van der Waals surface area contributed by atoms with Crippen molar-refractivity contribution in [3.63, 3.8) is 0 Å². The van der Waals surface area contributed by atoms with Gasteiger partial charge in [-0.3, -0.25) is 14.9 Å². The van der Waals surface area contributed by atoms with Crippen LogP contribution in [0.4, 0.5) is 5.69 Å². The van der Waals surface area contributed by atoms with Crippen LogP contribution in [0.3, 0.4) is 0 Å². The highest BCUT2D eigenvalue weighted by Crippen LogP contribution is 2.23. The average Bonchev–Trinajstić information content (AvgIpc) is 2.28. The van der Waals surface area contributed by atoms with Gasteiger partial charge in [0.05, 0.1) is 4.92 Å². The number of carboxylic acid groups (broad SMARTS) is 1. The Morgan fingerprint density at radius 3 is 2.72 bits per heavy atom. The first kappa shape index (κ1) is 13.9. The highest BCUT2D eigenvalue weighted by atomic mass is 16.6. The predicted octanol–water partition coefficient (Wildman–Crippen LogP) is 0.955. The molecule has 1 rings (SSSR count). The number of likely N-dealkylation sites (N-methyl/N-ethyl adjacent to an activating group) is 1. The Balaban J connectivity index is 2.72. The molecule has 7 nitrogen and oxygen atoms in total. The first-order valence-electron chi connectivity index (χ1n) is 5.23. The number of ether oxygens (including phenoxy) is 1. The summed E-state index contributed by atoms with van der Waals surface area (Å²) in [5, 5.41) is 22.0. The first-order valence-corrected chi connectivity index (χ1v) is 5.23. The molecular formula is C11H14N2O5. The van der Waals surface area contributed by atoms with Gasteiger partial charge in [-0.25, -0.2) is 0 Å². The van der Waals surface area contributed by atoms with E-state index in [0.29, 0.717) is 11.3 Å². The lowest BCUT2D eigenvalue weighted by atomic mass is 10.2. The lowest BCUT2D eigenvalue weighted by Crippen LogP contribution is -2.39. The van der Waals surface area contributed by atoms with Crippen molar-refractivity contribution >= 4 is 11.7 Å². The normalized spacial score (nSPS) is 11.9. The highest BCUT2D eigenvalue weighted by molar-refractivity contribution is 5.73. The van der Waals surface area contributed by atoms with Gasteiger partial charge in [0.25, 0.3) is 5.69 Å². The smallest absolute Gasteiger partial charge is 0.324 e. The summed E-state index contributed by atoms with van der Waals surface area (Å²) in [6.45, 7) is 1.54. The second-order valence-corrected chi connectivity index (χ2v) is 3.70. The van der Waals surface area contributed by atoms with Crippen LogP contribution in [0.5, 0.6) is 5.75 Å². The zero-order valence-corrected chi connectivity index (χ0v) is 10.0. The maximum absolute atomic E-state index is 10.7. The molecule has 98 valence electrons. The predicted molar refractivity (Wildman–Crippen MR) is 63.8 cm³/mol. The van der Waals surface area contributed by atoms with Crippen molar-refractivity contribution in [2.24, 2.45) is 0 Å². The molecule has 0 aliphatic heterocycles. The Hall–Kier alpha value is -2.15. The van der Waals surface area contributed by atoms with E-state index in [1.165, 1.54) is 25.2 Å². The molecule has 1 atom stereocenters. The Kier molecular flexibility index (Phi) is 4.61. The Morgan fingerprint density at radius 1 is 1.61 bits per heavy atom. The largest absolute Gasteiger partial charge is 0.491 e. The summed E-state index contributed by atoms with van der Waals surface area (Å²) in [5.41, 5.74) is 0.472. The number of hydrogen-bond donors (Lipinski definition) is 2. The van der Waals surface area contributed by atoms with E-state index < -0.39 is 16.9 Å². The molecule has 1 aromatic carbocycles. The third-order valence-corrected chi connectivity index (χ3v) is 2.43.